The lowest BCUT2D eigenvalue weighted by Crippen LogP contribution is -2.25. The van der Waals surface area contributed by atoms with Crippen molar-refractivity contribution in [1.82, 2.24) is 0 Å². The zero-order valence-electron chi connectivity index (χ0n) is 14.6. The molecule has 3 rings (SSSR count). The summed E-state index contributed by atoms with van der Waals surface area (Å²) in [6.45, 7) is 0.560. The van der Waals surface area contributed by atoms with E-state index < -0.39 is 16.0 Å². The minimum absolute atomic E-state index is 0.0288. The molecule has 0 spiro atoms. The topological polar surface area (TPSA) is 107 Å². The van der Waals surface area contributed by atoms with Gasteiger partial charge in [-0.15, -0.1) is 0 Å². The molecule has 2 aromatic rings. The maximum absolute atomic E-state index is 12.7. The van der Waals surface area contributed by atoms with Crippen molar-refractivity contribution in [3.63, 3.8) is 0 Å². The van der Waals surface area contributed by atoms with Crippen LogP contribution in [-0.4, -0.2) is 26.8 Å². The molecule has 8 heteroatoms. The molecule has 1 fully saturated rings. The fourth-order valence-electron chi connectivity index (χ4n) is 2.98. The van der Waals surface area contributed by atoms with Crippen molar-refractivity contribution in [2.75, 3.05) is 16.2 Å². The van der Waals surface area contributed by atoms with Gasteiger partial charge in [0.05, 0.1) is 16.3 Å². The molecule has 1 aliphatic heterocycles. The molecule has 1 amide bonds. The molecule has 1 aliphatic rings. The Morgan fingerprint density at radius 1 is 1.11 bits per heavy atom. The highest BCUT2D eigenvalue weighted by molar-refractivity contribution is 7.92. The fourth-order valence-corrected chi connectivity index (χ4v) is 4.06. The molecule has 0 saturated carbocycles. The van der Waals surface area contributed by atoms with Gasteiger partial charge in [0.15, 0.2) is 0 Å². The third kappa shape index (κ3) is 4.46. The molecule has 1 saturated heterocycles. The van der Waals surface area contributed by atoms with Crippen molar-refractivity contribution >= 4 is 33.3 Å². The van der Waals surface area contributed by atoms with E-state index in [2.05, 4.69) is 4.72 Å². The van der Waals surface area contributed by atoms with Gasteiger partial charge >= 0.3 is 0 Å². The van der Waals surface area contributed by atoms with Gasteiger partial charge in [-0.3, -0.25) is 9.52 Å². The van der Waals surface area contributed by atoms with Gasteiger partial charge < -0.3 is 14.8 Å². The minimum atomic E-state index is -3.85. The number of carboxylic acid groups (broad SMARTS) is 1. The van der Waals surface area contributed by atoms with E-state index in [-0.39, 0.29) is 23.6 Å². The molecule has 0 aromatic heterocycles. The molecule has 0 radical (unpaired) electrons. The number of carbonyl (C=O) groups excluding carboxylic acids is 2. The Morgan fingerprint density at radius 3 is 2.44 bits per heavy atom. The smallest absolute Gasteiger partial charge is 0.261 e. The van der Waals surface area contributed by atoms with Crippen molar-refractivity contribution in [1.29, 1.82) is 0 Å². The van der Waals surface area contributed by atoms with Gasteiger partial charge in [0.2, 0.25) is 5.91 Å². The van der Waals surface area contributed by atoms with Crippen LogP contribution in [-0.2, 0) is 26.0 Å². The Morgan fingerprint density at radius 2 is 1.81 bits per heavy atom. The van der Waals surface area contributed by atoms with E-state index in [1.165, 1.54) is 12.1 Å². The van der Waals surface area contributed by atoms with Crippen LogP contribution in [0.4, 0.5) is 11.4 Å². The Hall–Kier alpha value is -2.87. The normalized spacial score (nSPS) is 14.4. The summed E-state index contributed by atoms with van der Waals surface area (Å²) in [6, 6.07) is 12.8. The van der Waals surface area contributed by atoms with Gasteiger partial charge in [0.1, 0.15) is 0 Å². The molecule has 2 aromatic carbocycles. The van der Waals surface area contributed by atoms with Crippen LogP contribution >= 0.6 is 0 Å². The van der Waals surface area contributed by atoms with Crippen molar-refractivity contribution in [2.45, 2.75) is 30.6 Å². The van der Waals surface area contributed by atoms with Gasteiger partial charge in [-0.25, -0.2) is 8.42 Å². The predicted octanol–water partition coefficient (Wildman–Crippen LogP) is 1.30. The van der Waals surface area contributed by atoms with E-state index in [4.69, 9.17) is 0 Å². The predicted molar refractivity (Wildman–Crippen MR) is 98.6 cm³/mol. The molecule has 1 heterocycles. The minimum Gasteiger partial charge on any atom is -0.550 e. The van der Waals surface area contributed by atoms with Gasteiger partial charge in [-0.1, -0.05) is 24.3 Å². The third-order valence-corrected chi connectivity index (χ3v) is 5.75. The zero-order chi connectivity index (χ0) is 19.4. The number of amides is 1. The maximum atomic E-state index is 12.7. The second kappa shape index (κ2) is 7.79. The molecule has 1 N–H and O–H groups in total. The number of hydrogen-bond donors (Lipinski definition) is 1. The molecule has 27 heavy (non-hydrogen) atoms. The first-order valence-electron chi connectivity index (χ1n) is 8.58. The summed E-state index contributed by atoms with van der Waals surface area (Å²) in [4.78, 5) is 24.2. The van der Waals surface area contributed by atoms with Gasteiger partial charge in [-0.2, -0.15) is 0 Å². The van der Waals surface area contributed by atoms with E-state index in [1.807, 2.05) is 0 Å². The average Bonchev–Trinajstić information content (AvgIpc) is 3.06. The standard InChI is InChI=1S/C19H20N2O5S/c22-18-6-3-13-21(18)17-5-2-1-4-16(17)20-27(25,26)15-10-7-14(8-11-15)9-12-19(23)24/h1-2,4-5,7-8,10-11,20H,3,6,9,12-13H2,(H,23,24)/p-1. The van der Waals surface area contributed by atoms with E-state index in [0.29, 0.717) is 29.9 Å². The number of hydrogen-bond acceptors (Lipinski definition) is 5. The van der Waals surface area contributed by atoms with E-state index in [1.54, 1.807) is 41.3 Å². The summed E-state index contributed by atoms with van der Waals surface area (Å²) in [5, 5.41) is 10.5. The molecule has 142 valence electrons. The van der Waals surface area contributed by atoms with E-state index in [9.17, 15) is 23.1 Å². The van der Waals surface area contributed by atoms with Crippen LogP contribution in [0.1, 0.15) is 24.8 Å². The van der Waals surface area contributed by atoms with Crippen LogP contribution in [0.15, 0.2) is 53.4 Å². The van der Waals surface area contributed by atoms with Crippen LogP contribution in [0.25, 0.3) is 0 Å². The summed E-state index contributed by atoms with van der Waals surface area (Å²) in [6.07, 6.45) is 1.35. The number of carboxylic acids is 1. The number of nitrogens with zero attached hydrogens (tertiary/aromatic N) is 1. The largest absolute Gasteiger partial charge is 0.550 e. The first-order chi connectivity index (χ1) is 12.9. The van der Waals surface area contributed by atoms with Gasteiger partial charge in [0.25, 0.3) is 10.0 Å². The molecular weight excluding hydrogens is 368 g/mol. The van der Waals surface area contributed by atoms with Crippen molar-refractivity contribution in [3.05, 3.63) is 54.1 Å². The van der Waals surface area contributed by atoms with E-state index >= 15 is 0 Å². The summed E-state index contributed by atoms with van der Waals surface area (Å²) in [5.41, 5.74) is 1.59. The number of aryl methyl sites for hydroxylation is 1. The number of nitrogens with one attached hydrogen (secondary N) is 1. The third-order valence-electron chi connectivity index (χ3n) is 4.36. The molecule has 0 aliphatic carbocycles. The Balaban J connectivity index is 1.81. The SMILES string of the molecule is O=C([O-])CCc1ccc(S(=O)(=O)Nc2ccccc2N2CCCC2=O)cc1. The molecular formula is C19H19N2O5S-. The summed E-state index contributed by atoms with van der Waals surface area (Å²) >= 11 is 0. The highest BCUT2D eigenvalue weighted by Gasteiger charge is 2.25. The Labute approximate surface area is 157 Å². The summed E-state index contributed by atoms with van der Waals surface area (Å²) < 4.78 is 28.0. The first kappa shape index (κ1) is 18.9. The summed E-state index contributed by atoms with van der Waals surface area (Å²) in [5.74, 6) is -1.18. The van der Waals surface area contributed by atoms with Crippen LogP contribution in [0.2, 0.25) is 0 Å². The molecule has 0 unspecified atom stereocenters. The number of para-hydroxylation sites is 2. The maximum Gasteiger partial charge on any atom is 0.261 e. The van der Waals surface area contributed by atoms with Gasteiger partial charge in [-0.05, 0) is 49.1 Å². The second-order valence-corrected chi connectivity index (χ2v) is 7.97. The quantitative estimate of drug-likeness (QED) is 0.771. The zero-order valence-corrected chi connectivity index (χ0v) is 15.4. The number of aliphatic carboxylic acids is 1. The molecule has 0 atom stereocenters. The summed E-state index contributed by atoms with van der Waals surface area (Å²) in [7, 11) is -3.85. The Kier molecular flexibility index (Phi) is 5.46. The monoisotopic (exact) mass is 387 g/mol. The van der Waals surface area contributed by atoms with Crippen LogP contribution in [0.5, 0.6) is 0 Å². The van der Waals surface area contributed by atoms with Crippen molar-refractivity contribution in [2.24, 2.45) is 0 Å². The second-order valence-electron chi connectivity index (χ2n) is 6.29. The lowest BCUT2D eigenvalue weighted by atomic mass is 10.1. The van der Waals surface area contributed by atoms with Crippen LogP contribution < -0.4 is 14.7 Å². The lowest BCUT2D eigenvalue weighted by molar-refractivity contribution is -0.305. The fraction of sp³-hybridized carbons (Fsp3) is 0.263. The molecule has 7 nitrogen and oxygen atoms in total. The highest BCUT2D eigenvalue weighted by Crippen LogP contribution is 2.31. The van der Waals surface area contributed by atoms with Crippen molar-refractivity contribution in [3.8, 4) is 0 Å². The van der Waals surface area contributed by atoms with Gasteiger partial charge in [0, 0.05) is 18.9 Å². The highest BCUT2D eigenvalue weighted by atomic mass is 32.2. The first-order valence-corrected chi connectivity index (χ1v) is 10.1. The lowest BCUT2D eigenvalue weighted by Gasteiger charge is -2.20. The van der Waals surface area contributed by atoms with Crippen LogP contribution in [0, 0.1) is 0 Å². The number of benzene rings is 2. The van der Waals surface area contributed by atoms with Crippen molar-refractivity contribution < 1.29 is 23.1 Å². The number of sulfonamides is 1. The number of anilines is 2. The molecule has 0 bridgehead atoms. The number of carbonyl (C=O) groups is 2. The van der Waals surface area contributed by atoms with Crippen LogP contribution in [0.3, 0.4) is 0 Å². The number of rotatable bonds is 7. The average molecular weight is 387 g/mol. The Bertz CT molecular complexity index is 954. The van der Waals surface area contributed by atoms with E-state index in [0.717, 1.165) is 6.42 Å².